The second-order valence-electron chi connectivity index (χ2n) is 6.30. The van der Waals surface area contributed by atoms with E-state index in [2.05, 4.69) is 36.7 Å². The number of hydrogen-bond acceptors (Lipinski definition) is 4. The highest BCUT2D eigenvalue weighted by molar-refractivity contribution is 9.10. The lowest BCUT2D eigenvalue weighted by Crippen LogP contribution is -2.14. The third-order valence-electron chi connectivity index (χ3n) is 4.34. The van der Waals surface area contributed by atoms with Crippen molar-refractivity contribution in [3.63, 3.8) is 0 Å². The molecule has 0 saturated carbocycles. The van der Waals surface area contributed by atoms with E-state index in [0.29, 0.717) is 11.4 Å². The molecule has 0 radical (unpaired) electrons. The molecule has 2 aromatic carbocycles. The number of hydrogen-bond donors (Lipinski definition) is 1. The van der Waals surface area contributed by atoms with Crippen molar-refractivity contribution >= 4 is 27.5 Å². The van der Waals surface area contributed by atoms with Crippen LogP contribution in [0.2, 0.25) is 0 Å². The predicted molar refractivity (Wildman–Crippen MR) is 110 cm³/mol. The normalized spacial score (nSPS) is 10.8. The molecule has 0 bridgehead atoms. The monoisotopic (exact) mass is 436 g/mol. The minimum Gasteiger partial charge on any atom is -0.320 e. The first kappa shape index (κ1) is 18.1. The molecule has 4 aromatic rings. The highest BCUT2D eigenvalue weighted by Gasteiger charge is 2.18. The minimum absolute atomic E-state index is 0.278. The zero-order valence-electron chi connectivity index (χ0n) is 15.3. The van der Waals surface area contributed by atoms with E-state index in [1.807, 2.05) is 73.1 Å². The number of rotatable bonds is 4. The van der Waals surface area contributed by atoms with E-state index in [1.54, 1.807) is 10.9 Å². The molecule has 0 aliphatic rings. The number of carbonyl (C=O) groups is 1. The fourth-order valence-corrected chi connectivity index (χ4v) is 3.32. The van der Waals surface area contributed by atoms with Crippen molar-refractivity contribution in [2.45, 2.75) is 13.8 Å². The second kappa shape index (κ2) is 7.40. The molecule has 1 N–H and O–H groups in total. The molecule has 7 nitrogen and oxygen atoms in total. The summed E-state index contributed by atoms with van der Waals surface area (Å²) < 4.78 is 4.38. The number of nitrogens with zero attached hydrogens (tertiary/aromatic N) is 5. The van der Waals surface area contributed by atoms with Crippen LogP contribution < -0.4 is 5.32 Å². The van der Waals surface area contributed by atoms with Crippen molar-refractivity contribution in [3.8, 4) is 11.4 Å². The van der Waals surface area contributed by atoms with Crippen LogP contribution in [0.3, 0.4) is 0 Å². The Balaban J connectivity index is 1.59. The highest BCUT2D eigenvalue weighted by atomic mass is 79.9. The maximum atomic E-state index is 12.8. The van der Waals surface area contributed by atoms with Gasteiger partial charge in [-0.2, -0.15) is 5.10 Å². The lowest BCUT2D eigenvalue weighted by molar-refractivity contribution is 0.102. The van der Waals surface area contributed by atoms with Crippen LogP contribution >= 0.6 is 15.9 Å². The van der Waals surface area contributed by atoms with E-state index in [4.69, 9.17) is 0 Å². The Labute approximate surface area is 170 Å². The zero-order valence-corrected chi connectivity index (χ0v) is 16.9. The fourth-order valence-electron chi connectivity index (χ4n) is 2.94. The van der Waals surface area contributed by atoms with Gasteiger partial charge in [-0.05, 0) is 56.3 Å². The molecule has 0 saturated heterocycles. The Morgan fingerprint density at radius 1 is 1.00 bits per heavy atom. The maximum absolute atomic E-state index is 12.8. The Bertz CT molecular complexity index is 1160. The van der Waals surface area contributed by atoms with Gasteiger partial charge in [0, 0.05) is 22.1 Å². The van der Waals surface area contributed by atoms with Gasteiger partial charge < -0.3 is 5.32 Å². The van der Waals surface area contributed by atoms with E-state index >= 15 is 0 Å². The number of carbonyl (C=O) groups excluding carboxylic acids is 1. The van der Waals surface area contributed by atoms with Crippen LogP contribution in [0.15, 0.2) is 65.3 Å². The van der Waals surface area contributed by atoms with Gasteiger partial charge in [-0.1, -0.05) is 33.3 Å². The third-order valence-corrected chi connectivity index (χ3v) is 4.84. The molecule has 2 heterocycles. The molecule has 1 amide bonds. The van der Waals surface area contributed by atoms with Gasteiger partial charge in [0.15, 0.2) is 5.69 Å². The van der Waals surface area contributed by atoms with Crippen molar-refractivity contribution < 1.29 is 4.79 Å². The zero-order chi connectivity index (χ0) is 19.7. The minimum atomic E-state index is -0.312. The molecule has 2 aromatic heterocycles. The number of aryl methyl sites for hydroxylation is 1. The number of benzene rings is 2. The average Bonchev–Trinajstić information content (AvgIpc) is 3.27. The lowest BCUT2D eigenvalue weighted by atomic mass is 10.2. The van der Waals surface area contributed by atoms with Crippen LogP contribution in [-0.4, -0.2) is 30.7 Å². The summed E-state index contributed by atoms with van der Waals surface area (Å²) in [6.07, 6.45) is 1.74. The van der Waals surface area contributed by atoms with Gasteiger partial charge in [0.1, 0.15) is 0 Å². The van der Waals surface area contributed by atoms with Gasteiger partial charge in [0.25, 0.3) is 5.91 Å². The Kier molecular flexibility index (Phi) is 4.79. The number of anilines is 1. The van der Waals surface area contributed by atoms with Gasteiger partial charge in [0.05, 0.1) is 17.1 Å². The molecule has 140 valence electrons. The van der Waals surface area contributed by atoms with Crippen molar-refractivity contribution in [1.29, 1.82) is 0 Å². The SMILES string of the molecule is Cc1ccnn1-c1cccc(NC(=O)c2nnn(-c3cccc(Br)c3)c2C)c1. The molecule has 0 unspecified atom stereocenters. The van der Waals surface area contributed by atoms with Crippen LogP contribution in [0, 0.1) is 13.8 Å². The standard InChI is InChI=1S/C20H17BrN6O/c1-13-9-10-22-26(13)18-8-4-6-16(12-18)23-20(28)19-14(2)27(25-24-19)17-7-3-5-15(21)11-17/h3-12H,1-2H3,(H,23,28). The Morgan fingerprint density at radius 3 is 2.46 bits per heavy atom. The molecule has 0 aliphatic carbocycles. The first-order chi connectivity index (χ1) is 13.5. The summed E-state index contributed by atoms with van der Waals surface area (Å²) in [7, 11) is 0. The number of aromatic nitrogens is 5. The first-order valence-corrected chi connectivity index (χ1v) is 9.43. The predicted octanol–water partition coefficient (Wildman–Crippen LogP) is 4.08. The summed E-state index contributed by atoms with van der Waals surface area (Å²) in [5, 5.41) is 15.4. The summed E-state index contributed by atoms with van der Waals surface area (Å²) in [6.45, 7) is 3.79. The summed E-state index contributed by atoms with van der Waals surface area (Å²) in [4.78, 5) is 12.8. The Hall–Kier alpha value is -3.26. The average molecular weight is 437 g/mol. The molecule has 0 spiro atoms. The second-order valence-corrected chi connectivity index (χ2v) is 7.22. The molecule has 4 rings (SSSR count). The maximum Gasteiger partial charge on any atom is 0.278 e. The Morgan fingerprint density at radius 2 is 1.75 bits per heavy atom. The largest absolute Gasteiger partial charge is 0.320 e. The van der Waals surface area contributed by atoms with Gasteiger partial charge >= 0.3 is 0 Å². The van der Waals surface area contributed by atoms with E-state index < -0.39 is 0 Å². The topological polar surface area (TPSA) is 77.6 Å². The summed E-state index contributed by atoms with van der Waals surface area (Å²) in [6, 6.07) is 17.1. The van der Waals surface area contributed by atoms with Crippen LogP contribution in [0.4, 0.5) is 5.69 Å². The van der Waals surface area contributed by atoms with Crippen molar-refractivity contribution in [3.05, 3.63) is 82.3 Å². The van der Waals surface area contributed by atoms with Gasteiger partial charge in [-0.15, -0.1) is 5.10 Å². The lowest BCUT2D eigenvalue weighted by Gasteiger charge is -2.08. The van der Waals surface area contributed by atoms with E-state index in [9.17, 15) is 4.79 Å². The van der Waals surface area contributed by atoms with E-state index in [-0.39, 0.29) is 11.6 Å². The molecule has 0 fully saturated rings. The summed E-state index contributed by atoms with van der Waals surface area (Å²) in [5.41, 5.74) is 4.31. The van der Waals surface area contributed by atoms with Crippen LogP contribution in [-0.2, 0) is 0 Å². The number of halogens is 1. The first-order valence-electron chi connectivity index (χ1n) is 8.63. The fraction of sp³-hybridized carbons (Fsp3) is 0.100. The van der Waals surface area contributed by atoms with Crippen LogP contribution in [0.1, 0.15) is 21.9 Å². The van der Waals surface area contributed by atoms with E-state index in [0.717, 1.165) is 21.5 Å². The van der Waals surface area contributed by atoms with Gasteiger partial charge in [0.2, 0.25) is 0 Å². The molecular formula is C20H17BrN6O. The highest BCUT2D eigenvalue weighted by Crippen LogP contribution is 2.19. The summed E-state index contributed by atoms with van der Waals surface area (Å²) >= 11 is 3.44. The van der Waals surface area contributed by atoms with Crippen molar-refractivity contribution in [2.75, 3.05) is 5.32 Å². The van der Waals surface area contributed by atoms with E-state index in [1.165, 1.54) is 0 Å². The smallest absolute Gasteiger partial charge is 0.278 e. The van der Waals surface area contributed by atoms with Crippen molar-refractivity contribution in [1.82, 2.24) is 24.8 Å². The van der Waals surface area contributed by atoms with Gasteiger partial charge in [-0.25, -0.2) is 9.36 Å². The summed E-state index contributed by atoms with van der Waals surface area (Å²) in [5.74, 6) is -0.312. The van der Waals surface area contributed by atoms with Gasteiger partial charge in [-0.3, -0.25) is 4.79 Å². The third kappa shape index (κ3) is 3.46. The number of nitrogens with one attached hydrogen (secondary N) is 1. The number of amides is 1. The van der Waals surface area contributed by atoms with Crippen LogP contribution in [0.25, 0.3) is 11.4 Å². The molecule has 28 heavy (non-hydrogen) atoms. The molecular weight excluding hydrogens is 420 g/mol. The quantitative estimate of drug-likeness (QED) is 0.522. The van der Waals surface area contributed by atoms with Crippen molar-refractivity contribution in [2.24, 2.45) is 0 Å². The van der Waals surface area contributed by atoms with Crippen LogP contribution in [0.5, 0.6) is 0 Å². The molecule has 8 heteroatoms. The molecule has 0 atom stereocenters. The molecule has 0 aliphatic heterocycles.